The summed E-state index contributed by atoms with van der Waals surface area (Å²) in [5.74, 6) is -1.44. The van der Waals surface area contributed by atoms with Crippen molar-refractivity contribution in [1.29, 1.82) is 0 Å². The van der Waals surface area contributed by atoms with Gasteiger partial charge >= 0.3 is 5.97 Å². The molecule has 0 aromatic carbocycles. The normalized spacial score (nSPS) is 32.8. The number of esters is 1. The maximum Gasteiger partial charge on any atom is 0.310 e. The Kier molecular flexibility index (Phi) is 8.31. The molecule has 3 fully saturated rings. The van der Waals surface area contributed by atoms with E-state index in [0.717, 1.165) is 25.7 Å². The number of hydrogen-bond donors (Lipinski definition) is 1. The number of hydrogen-bond acceptors (Lipinski definition) is 6. The SMILES string of the molecule is C=CCN(CCCCC)C(=O)C1N(CCCO)C(=O)[C@@H]2[C@H](C(=O)OCC)[C@@H]3CC(C)C12S3. The zero-order valence-electron chi connectivity index (χ0n) is 19.6. The first kappa shape index (κ1) is 25.1. The van der Waals surface area contributed by atoms with Crippen molar-refractivity contribution in [3.05, 3.63) is 12.7 Å². The van der Waals surface area contributed by atoms with E-state index < -0.39 is 22.6 Å². The van der Waals surface area contributed by atoms with Gasteiger partial charge in [-0.25, -0.2) is 0 Å². The Morgan fingerprint density at radius 2 is 2.09 bits per heavy atom. The van der Waals surface area contributed by atoms with E-state index >= 15 is 0 Å². The molecule has 1 spiro atoms. The molecule has 0 aromatic rings. The van der Waals surface area contributed by atoms with E-state index in [-0.39, 0.29) is 42.2 Å². The van der Waals surface area contributed by atoms with Crippen molar-refractivity contribution in [2.75, 3.05) is 32.8 Å². The van der Waals surface area contributed by atoms with Crippen molar-refractivity contribution in [3.63, 3.8) is 0 Å². The number of aliphatic hydroxyl groups is 1. The number of nitrogens with zero attached hydrogens (tertiary/aromatic N) is 2. The predicted molar refractivity (Wildman–Crippen MR) is 125 cm³/mol. The van der Waals surface area contributed by atoms with Crippen molar-refractivity contribution in [2.45, 2.75) is 68.9 Å². The predicted octanol–water partition coefficient (Wildman–Crippen LogP) is 2.47. The fourth-order valence-electron chi connectivity index (χ4n) is 5.96. The molecule has 0 aliphatic carbocycles. The van der Waals surface area contributed by atoms with Crippen molar-refractivity contribution >= 4 is 29.5 Å². The Hall–Kier alpha value is -1.54. The van der Waals surface area contributed by atoms with Gasteiger partial charge in [0.05, 0.1) is 23.2 Å². The summed E-state index contributed by atoms with van der Waals surface area (Å²) in [6.45, 7) is 11.4. The van der Waals surface area contributed by atoms with Gasteiger partial charge in [0.2, 0.25) is 11.8 Å². The molecule has 8 heteroatoms. The van der Waals surface area contributed by atoms with Crippen molar-refractivity contribution < 1.29 is 24.2 Å². The molecule has 0 radical (unpaired) electrons. The summed E-state index contributed by atoms with van der Waals surface area (Å²) in [6.07, 6.45) is 5.93. The zero-order chi connectivity index (χ0) is 23.5. The number of rotatable bonds is 12. The van der Waals surface area contributed by atoms with Gasteiger partial charge in [-0.05, 0) is 32.1 Å². The molecule has 2 bridgehead atoms. The molecule has 1 N–H and O–H groups in total. The van der Waals surface area contributed by atoms with Crippen LogP contribution in [0.4, 0.5) is 0 Å². The highest BCUT2D eigenvalue weighted by molar-refractivity contribution is 8.02. The van der Waals surface area contributed by atoms with Crippen LogP contribution < -0.4 is 0 Å². The van der Waals surface area contributed by atoms with Gasteiger partial charge in [0.1, 0.15) is 6.04 Å². The first-order valence-corrected chi connectivity index (χ1v) is 12.9. The molecule has 0 saturated carbocycles. The maximum absolute atomic E-state index is 14.0. The number of thioether (sulfide) groups is 1. The second kappa shape index (κ2) is 10.6. The lowest BCUT2D eigenvalue weighted by molar-refractivity contribution is -0.154. The Balaban J connectivity index is 2.00. The summed E-state index contributed by atoms with van der Waals surface area (Å²) in [4.78, 5) is 44.1. The number of unbranched alkanes of at least 4 members (excludes halogenated alkanes) is 2. The topological polar surface area (TPSA) is 87.2 Å². The molecule has 3 heterocycles. The van der Waals surface area contributed by atoms with Gasteiger partial charge in [0, 0.05) is 31.5 Å². The Morgan fingerprint density at radius 3 is 2.72 bits per heavy atom. The van der Waals surface area contributed by atoms with E-state index in [4.69, 9.17) is 4.74 Å². The van der Waals surface area contributed by atoms with Crippen LogP contribution in [0.1, 0.15) is 52.9 Å². The van der Waals surface area contributed by atoms with Gasteiger partial charge in [0.15, 0.2) is 0 Å². The monoisotopic (exact) mass is 466 g/mol. The molecule has 0 aromatic heterocycles. The Labute approximate surface area is 195 Å². The number of likely N-dealkylation sites (tertiary alicyclic amines) is 1. The molecule has 3 aliphatic heterocycles. The van der Waals surface area contributed by atoms with Crippen molar-refractivity contribution in [1.82, 2.24) is 9.80 Å². The number of carbonyl (C=O) groups is 3. The first-order valence-electron chi connectivity index (χ1n) is 12.0. The summed E-state index contributed by atoms with van der Waals surface area (Å²) >= 11 is 1.66. The lowest BCUT2D eigenvalue weighted by atomic mass is 9.66. The molecule has 180 valence electrons. The van der Waals surface area contributed by atoms with E-state index in [9.17, 15) is 19.5 Å². The second-order valence-electron chi connectivity index (χ2n) is 9.19. The third kappa shape index (κ3) is 4.09. The Morgan fingerprint density at radius 1 is 1.34 bits per heavy atom. The van der Waals surface area contributed by atoms with Crippen LogP contribution in [0.3, 0.4) is 0 Å². The van der Waals surface area contributed by atoms with Crippen LogP contribution in [0.5, 0.6) is 0 Å². The van der Waals surface area contributed by atoms with Gasteiger partial charge in [0.25, 0.3) is 0 Å². The van der Waals surface area contributed by atoms with Crippen LogP contribution >= 0.6 is 11.8 Å². The molecule has 3 saturated heterocycles. The molecule has 7 nitrogen and oxygen atoms in total. The van der Waals surface area contributed by atoms with Gasteiger partial charge in [-0.1, -0.05) is 32.8 Å². The average Bonchev–Trinajstić information content (AvgIpc) is 3.35. The van der Waals surface area contributed by atoms with E-state index in [0.29, 0.717) is 26.1 Å². The van der Waals surface area contributed by atoms with Gasteiger partial charge < -0.3 is 19.6 Å². The summed E-state index contributed by atoms with van der Waals surface area (Å²) in [5, 5.41) is 9.44. The van der Waals surface area contributed by atoms with Crippen molar-refractivity contribution in [3.8, 4) is 0 Å². The lowest BCUT2D eigenvalue weighted by Crippen LogP contribution is -2.57. The van der Waals surface area contributed by atoms with Crippen LogP contribution in [0, 0.1) is 17.8 Å². The van der Waals surface area contributed by atoms with Crippen LogP contribution in [0.15, 0.2) is 12.7 Å². The minimum absolute atomic E-state index is 0.00115. The number of carbonyl (C=O) groups excluding carboxylic acids is 3. The minimum atomic E-state index is -0.629. The highest BCUT2D eigenvalue weighted by atomic mass is 32.2. The number of amides is 2. The molecular weight excluding hydrogens is 428 g/mol. The van der Waals surface area contributed by atoms with Gasteiger partial charge in [-0.3, -0.25) is 14.4 Å². The molecule has 2 amide bonds. The summed E-state index contributed by atoms with van der Waals surface area (Å²) in [7, 11) is 0. The fraction of sp³-hybridized carbons (Fsp3) is 0.792. The van der Waals surface area contributed by atoms with E-state index in [1.807, 2.05) is 4.90 Å². The summed E-state index contributed by atoms with van der Waals surface area (Å²) < 4.78 is 4.73. The smallest absolute Gasteiger partial charge is 0.310 e. The number of ether oxygens (including phenoxy) is 1. The third-order valence-corrected chi connectivity index (χ3v) is 9.36. The van der Waals surface area contributed by atoms with Gasteiger partial charge in [-0.15, -0.1) is 18.3 Å². The van der Waals surface area contributed by atoms with Crippen LogP contribution in [-0.2, 0) is 19.1 Å². The standard InChI is InChI=1S/C24H38N2O5S/c1-5-8-9-12-25(11-6-2)22(29)20-24-16(4)15-17(32-24)18(23(30)31-7-3)19(24)21(28)26(20)13-10-14-27/h6,16-20,27H,2,5,7-15H2,1,3-4H3/t16?,17-,18+,19-,20?,24?/m0/s1. The highest BCUT2D eigenvalue weighted by Gasteiger charge is 2.76. The zero-order valence-corrected chi connectivity index (χ0v) is 20.4. The fourth-order valence-corrected chi connectivity index (χ4v) is 8.36. The van der Waals surface area contributed by atoms with Crippen LogP contribution in [0.25, 0.3) is 0 Å². The van der Waals surface area contributed by atoms with E-state index in [2.05, 4.69) is 20.4 Å². The van der Waals surface area contributed by atoms with E-state index in [1.54, 1.807) is 29.7 Å². The lowest BCUT2D eigenvalue weighted by Gasteiger charge is -2.40. The largest absolute Gasteiger partial charge is 0.466 e. The van der Waals surface area contributed by atoms with Crippen LogP contribution in [0.2, 0.25) is 0 Å². The Bertz CT molecular complexity index is 731. The summed E-state index contributed by atoms with van der Waals surface area (Å²) in [6, 6.07) is -0.627. The molecule has 3 unspecified atom stereocenters. The minimum Gasteiger partial charge on any atom is -0.466 e. The van der Waals surface area contributed by atoms with Crippen LogP contribution in [-0.4, -0.2) is 81.6 Å². The second-order valence-corrected chi connectivity index (χ2v) is 10.7. The van der Waals surface area contributed by atoms with Gasteiger partial charge in [-0.2, -0.15) is 0 Å². The van der Waals surface area contributed by atoms with E-state index in [1.165, 1.54) is 0 Å². The molecule has 3 aliphatic rings. The number of aliphatic hydroxyl groups excluding tert-OH is 1. The first-order chi connectivity index (χ1) is 15.4. The molecule has 32 heavy (non-hydrogen) atoms. The molecular formula is C24H38N2O5S. The van der Waals surface area contributed by atoms with Crippen molar-refractivity contribution in [2.24, 2.45) is 17.8 Å². The highest BCUT2D eigenvalue weighted by Crippen LogP contribution is 2.68. The third-order valence-electron chi connectivity index (χ3n) is 7.29. The average molecular weight is 467 g/mol. The molecule has 6 atom stereocenters. The number of fused-ring (bicyclic) bond motifs is 1. The maximum atomic E-state index is 14.0. The summed E-state index contributed by atoms with van der Waals surface area (Å²) in [5.41, 5.74) is 0. The quantitative estimate of drug-likeness (QED) is 0.270. The molecule has 3 rings (SSSR count).